The summed E-state index contributed by atoms with van der Waals surface area (Å²) in [4.78, 5) is 40.3. The first kappa shape index (κ1) is 22.5. The Bertz CT molecular complexity index is 766. The quantitative estimate of drug-likeness (QED) is 0.764. The second-order valence-electron chi connectivity index (χ2n) is 7.72. The maximum Gasteiger partial charge on any atom is 0.490 e. The summed E-state index contributed by atoms with van der Waals surface area (Å²) in [5.41, 5.74) is 0.758. The summed E-state index contributed by atoms with van der Waals surface area (Å²) in [6.07, 6.45) is -2.50. The number of carboxylic acids is 1. The van der Waals surface area contributed by atoms with Crippen molar-refractivity contribution in [3.8, 4) is 0 Å². The number of aliphatic carboxylic acids is 1. The van der Waals surface area contributed by atoms with Crippen molar-refractivity contribution in [1.29, 1.82) is 0 Å². The average molecular weight is 447 g/mol. The Morgan fingerprint density at radius 3 is 2.33 bits per heavy atom. The number of amides is 2. The Morgan fingerprint density at radius 1 is 1.13 bits per heavy atom. The van der Waals surface area contributed by atoms with Crippen molar-refractivity contribution in [1.82, 2.24) is 14.7 Å². The molecule has 2 atom stereocenters. The Morgan fingerprint density at radius 2 is 1.80 bits per heavy atom. The molecule has 0 aliphatic carbocycles. The zero-order valence-corrected chi connectivity index (χ0v) is 17.1. The SMILES string of the molecule is O=C(O)C(F)(F)F.O=C(c1ccsc1)N1C[C@H]2CN(CCN3CCCC3)C(=O)[C@H]2C1. The number of rotatable bonds is 4. The fourth-order valence-electron chi connectivity index (χ4n) is 4.15. The molecule has 0 spiro atoms. The number of carbonyl (C=O) groups is 3. The smallest absolute Gasteiger partial charge is 0.475 e. The van der Waals surface area contributed by atoms with E-state index in [0.29, 0.717) is 12.5 Å². The highest BCUT2D eigenvalue weighted by molar-refractivity contribution is 7.08. The molecule has 3 fully saturated rings. The first-order chi connectivity index (χ1) is 14.2. The minimum absolute atomic E-state index is 0.0242. The van der Waals surface area contributed by atoms with Crippen LogP contribution in [0.15, 0.2) is 16.8 Å². The van der Waals surface area contributed by atoms with Gasteiger partial charge in [0.15, 0.2) is 0 Å². The summed E-state index contributed by atoms with van der Waals surface area (Å²) in [7, 11) is 0. The Kier molecular flexibility index (Phi) is 7.02. The van der Waals surface area contributed by atoms with Crippen LogP contribution in [0.3, 0.4) is 0 Å². The number of carboxylic acid groups (broad SMARTS) is 1. The summed E-state index contributed by atoms with van der Waals surface area (Å²) in [6.45, 7) is 6.36. The molecule has 166 valence electrons. The lowest BCUT2D eigenvalue weighted by molar-refractivity contribution is -0.192. The van der Waals surface area contributed by atoms with E-state index in [-0.39, 0.29) is 17.7 Å². The van der Waals surface area contributed by atoms with Crippen LogP contribution in [0, 0.1) is 11.8 Å². The molecule has 1 N–H and O–H groups in total. The van der Waals surface area contributed by atoms with Crippen molar-refractivity contribution in [2.75, 3.05) is 45.8 Å². The zero-order valence-electron chi connectivity index (χ0n) is 16.3. The molecule has 3 aliphatic heterocycles. The van der Waals surface area contributed by atoms with Crippen molar-refractivity contribution >= 4 is 29.1 Å². The molecule has 2 amide bonds. The van der Waals surface area contributed by atoms with Crippen LogP contribution in [0.5, 0.6) is 0 Å². The van der Waals surface area contributed by atoms with E-state index in [9.17, 15) is 22.8 Å². The van der Waals surface area contributed by atoms with Gasteiger partial charge in [0.2, 0.25) is 5.91 Å². The van der Waals surface area contributed by atoms with Crippen LogP contribution >= 0.6 is 11.3 Å². The van der Waals surface area contributed by atoms with Crippen LogP contribution in [-0.4, -0.2) is 89.6 Å². The van der Waals surface area contributed by atoms with E-state index >= 15 is 0 Å². The highest BCUT2D eigenvalue weighted by Gasteiger charge is 2.47. The monoisotopic (exact) mass is 447 g/mol. The van der Waals surface area contributed by atoms with E-state index in [1.807, 2.05) is 26.6 Å². The Balaban J connectivity index is 0.000000318. The third-order valence-electron chi connectivity index (χ3n) is 5.71. The van der Waals surface area contributed by atoms with Gasteiger partial charge in [0.05, 0.1) is 11.5 Å². The number of alkyl halides is 3. The number of thiophene rings is 1. The van der Waals surface area contributed by atoms with E-state index in [1.165, 1.54) is 25.9 Å². The minimum Gasteiger partial charge on any atom is -0.475 e. The van der Waals surface area contributed by atoms with Crippen LogP contribution in [-0.2, 0) is 9.59 Å². The van der Waals surface area contributed by atoms with E-state index in [0.717, 1.165) is 31.7 Å². The Labute approximate surface area is 176 Å². The number of hydrogen-bond donors (Lipinski definition) is 1. The lowest BCUT2D eigenvalue weighted by Gasteiger charge is -2.24. The molecule has 11 heteroatoms. The topological polar surface area (TPSA) is 81.2 Å². The second kappa shape index (κ2) is 9.34. The number of nitrogens with zero attached hydrogens (tertiary/aromatic N) is 3. The highest BCUT2D eigenvalue weighted by Crippen LogP contribution is 2.33. The summed E-state index contributed by atoms with van der Waals surface area (Å²) >= 11 is 1.54. The van der Waals surface area contributed by atoms with Crippen LogP contribution in [0.1, 0.15) is 23.2 Å². The maximum atomic E-state index is 12.6. The first-order valence-electron chi connectivity index (χ1n) is 9.79. The molecule has 1 aromatic heterocycles. The molecule has 0 unspecified atom stereocenters. The van der Waals surface area contributed by atoms with E-state index in [2.05, 4.69) is 4.90 Å². The molecule has 0 aromatic carbocycles. The summed E-state index contributed by atoms with van der Waals surface area (Å²) in [5.74, 6) is -2.07. The van der Waals surface area contributed by atoms with Crippen molar-refractivity contribution in [3.05, 3.63) is 22.4 Å². The van der Waals surface area contributed by atoms with Crippen molar-refractivity contribution in [2.24, 2.45) is 11.8 Å². The average Bonchev–Trinajstić information content (AvgIpc) is 3.47. The molecule has 30 heavy (non-hydrogen) atoms. The molecule has 3 aliphatic rings. The van der Waals surface area contributed by atoms with Gasteiger partial charge >= 0.3 is 12.1 Å². The zero-order chi connectivity index (χ0) is 21.9. The van der Waals surface area contributed by atoms with Gasteiger partial charge in [-0.2, -0.15) is 24.5 Å². The summed E-state index contributed by atoms with van der Waals surface area (Å²) < 4.78 is 31.7. The highest BCUT2D eigenvalue weighted by atomic mass is 32.1. The van der Waals surface area contributed by atoms with Crippen LogP contribution in [0.2, 0.25) is 0 Å². The molecule has 1 aromatic rings. The van der Waals surface area contributed by atoms with Gasteiger partial charge in [0.25, 0.3) is 5.91 Å². The lowest BCUT2D eigenvalue weighted by Crippen LogP contribution is -2.39. The van der Waals surface area contributed by atoms with Gasteiger partial charge < -0.3 is 19.8 Å². The van der Waals surface area contributed by atoms with Crippen molar-refractivity contribution in [3.63, 3.8) is 0 Å². The molecule has 0 saturated carbocycles. The normalized spacial score (nSPS) is 24.0. The number of carbonyl (C=O) groups excluding carboxylic acids is 2. The molecule has 7 nitrogen and oxygen atoms in total. The Hall–Kier alpha value is -2.14. The van der Waals surface area contributed by atoms with Gasteiger partial charge in [-0.3, -0.25) is 9.59 Å². The van der Waals surface area contributed by atoms with Gasteiger partial charge in [-0.25, -0.2) is 4.79 Å². The molecule has 0 bridgehead atoms. The minimum atomic E-state index is -5.08. The van der Waals surface area contributed by atoms with E-state index in [4.69, 9.17) is 9.90 Å². The molecule has 0 radical (unpaired) electrons. The lowest BCUT2D eigenvalue weighted by atomic mass is 10.0. The summed E-state index contributed by atoms with van der Waals surface area (Å²) in [6, 6.07) is 1.87. The predicted molar refractivity (Wildman–Crippen MR) is 103 cm³/mol. The van der Waals surface area contributed by atoms with Gasteiger partial charge in [0, 0.05) is 44.0 Å². The fourth-order valence-corrected chi connectivity index (χ4v) is 4.78. The molecule has 4 rings (SSSR count). The molecule has 4 heterocycles. The fraction of sp³-hybridized carbons (Fsp3) is 0.632. The van der Waals surface area contributed by atoms with Crippen LogP contribution in [0.25, 0.3) is 0 Å². The van der Waals surface area contributed by atoms with E-state index in [1.54, 1.807) is 11.3 Å². The van der Waals surface area contributed by atoms with Crippen LogP contribution in [0.4, 0.5) is 13.2 Å². The predicted octanol–water partition coefficient (Wildman–Crippen LogP) is 2.01. The number of fused-ring (bicyclic) bond motifs is 1. The first-order valence-corrected chi connectivity index (χ1v) is 10.7. The van der Waals surface area contributed by atoms with E-state index < -0.39 is 12.1 Å². The molecular weight excluding hydrogens is 423 g/mol. The summed E-state index contributed by atoms with van der Waals surface area (Å²) in [5, 5.41) is 10.9. The van der Waals surface area contributed by atoms with Gasteiger partial charge in [0.1, 0.15) is 0 Å². The van der Waals surface area contributed by atoms with Crippen molar-refractivity contribution < 1.29 is 32.7 Å². The van der Waals surface area contributed by atoms with Gasteiger partial charge in [-0.1, -0.05) is 0 Å². The third-order valence-corrected chi connectivity index (χ3v) is 6.39. The largest absolute Gasteiger partial charge is 0.490 e. The molecule has 3 saturated heterocycles. The van der Waals surface area contributed by atoms with Gasteiger partial charge in [-0.15, -0.1) is 0 Å². The number of likely N-dealkylation sites (tertiary alicyclic amines) is 3. The number of halogens is 3. The number of hydrogen-bond acceptors (Lipinski definition) is 5. The maximum absolute atomic E-state index is 12.6. The van der Waals surface area contributed by atoms with Crippen LogP contribution < -0.4 is 0 Å². The third kappa shape index (κ3) is 5.31. The second-order valence-corrected chi connectivity index (χ2v) is 8.50. The standard InChI is InChI=1S/C17H23N3O2S.C2HF3O2/c21-16(13-3-8-23-12-13)20-10-14-9-19(17(22)15(14)11-20)7-6-18-4-1-2-5-18;3-2(4,5)1(6)7/h3,8,12,14-15H,1-2,4-7,9-11H2;(H,6,7)/t14-,15+;/m1./s1. The molecular formula is C19H24F3N3O4S. The van der Waals surface area contributed by atoms with Gasteiger partial charge in [-0.05, 0) is 37.4 Å². The van der Waals surface area contributed by atoms with Crippen molar-refractivity contribution in [2.45, 2.75) is 19.0 Å².